The lowest BCUT2D eigenvalue weighted by Gasteiger charge is -2.27. The first-order valence-electron chi connectivity index (χ1n) is 9.07. The van der Waals surface area contributed by atoms with Crippen molar-refractivity contribution in [1.29, 1.82) is 0 Å². The number of fused-ring (bicyclic) bond motifs is 1. The van der Waals surface area contributed by atoms with E-state index in [1.807, 2.05) is 6.20 Å². The summed E-state index contributed by atoms with van der Waals surface area (Å²) in [7, 11) is 0. The molecular formula is C22H25ClN2. The minimum atomic E-state index is 0. The third kappa shape index (κ3) is 4.13. The minimum Gasteiger partial charge on any atom is -0.357 e. The highest BCUT2D eigenvalue weighted by Crippen LogP contribution is 2.22. The molecule has 1 saturated heterocycles. The third-order valence-corrected chi connectivity index (χ3v) is 5.05. The van der Waals surface area contributed by atoms with Gasteiger partial charge in [-0.15, -0.1) is 12.4 Å². The lowest BCUT2D eigenvalue weighted by atomic mass is 9.99. The Morgan fingerprint density at radius 3 is 2.52 bits per heavy atom. The lowest BCUT2D eigenvalue weighted by Crippen LogP contribution is -2.30. The molecule has 0 N–H and O–H groups in total. The van der Waals surface area contributed by atoms with Gasteiger partial charge < -0.3 is 4.90 Å². The molecule has 0 spiro atoms. The Labute approximate surface area is 156 Å². The third-order valence-electron chi connectivity index (χ3n) is 5.05. The lowest BCUT2D eigenvalue weighted by molar-refractivity contribution is 0.573. The van der Waals surface area contributed by atoms with Crippen LogP contribution in [0.2, 0.25) is 0 Å². The Morgan fingerprint density at radius 2 is 1.64 bits per heavy atom. The first-order valence-corrected chi connectivity index (χ1v) is 9.07. The second-order valence-corrected chi connectivity index (χ2v) is 6.71. The van der Waals surface area contributed by atoms with Crippen molar-refractivity contribution in [2.45, 2.75) is 32.1 Å². The van der Waals surface area contributed by atoms with Gasteiger partial charge in [0.1, 0.15) is 5.82 Å². The first kappa shape index (κ1) is 17.8. The second-order valence-electron chi connectivity index (χ2n) is 6.71. The van der Waals surface area contributed by atoms with Gasteiger partial charge in [0.05, 0.1) is 0 Å². The van der Waals surface area contributed by atoms with Crippen LogP contribution in [-0.2, 0) is 12.8 Å². The number of nitrogens with zero attached hydrogens (tertiary/aromatic N) is 2. The highest BCUT2D eigenvalue weighted by atomic mass is 35.5. The summed E-state index contributed by atoms with van der Waals surface area (Å²) in [6.45, 7) is 2.31. The maximum atomic E-state index is 4.59. The summed E-state index contributed by atoms with van der Waals surface area (Å²) in [6.07, 6.45) is 8.06. The van der Waals surface area contributed by atoms with E-state index < -0.39 is 0 Å². The molecular weight excluding hydrogens is 328 g/mol. The molecule has 0 radical (unpaired) electrons. The number of piperidine rings is 1. The number of pyridine rings is 1. The molecule has 0 atom stereocenters. The standard InChI is InChI=1S/C22H24N2.ClH/c1-4-15-24(16-5-1)22-17-18(13-14-23-22)11-12-20-9-6-8-19-7-2-3-10-21(19)20;/h2-3,6-10,13-14,17H,1,4-5,11-12,15-16H2;1H. The Morgan fingerprint density at radius 1 is 0.840 bits per heavy atom. The van der Waals surface area contributed by atoms with Crippen LogP contribution < -0.4 is 4.90 Å². The highest BCUT2D eigenvalue weighted by Gasteiger charge is 2.12. The zero-order chi connectivity index (χ0) is 16.2. The number of anilines is 1. The van der Waals surface area contributed by atoms with Crippen molar-refractivity contribution in [2.24, 2.45) is 0 Å². The van der Waals surface area contributed by atoms with Gasteiger partial charge in [-0.05, 0) is 66.1 Å². The molecule has 2 aromatic carbocycles. The first-order chi connectivity index (χ1) is 11.9. The van der Waals surface area contributed by atoms with Gasteiger partial charge >= 0.3 is 0 Å². The van der Waals surface area contributed by atoms with Crippen LogP contribution in [0, 0.1) is 0 Å². The SMILES string of the molecule is Cl.c1ccc2c(CCc3ccnc(N4CCCCC4)c3)cccc2c1. The van der Waals surface area contributed by atoms with Gasteiger partial charge in [0, 0.05) is 19.3 Å². The van der Waals surface area contributed by atoms with Gasteiger partial charge in [-0.1, -0.05) is 42.5 Å². The largest absolute Gasteiger partial charge is 0.357 e. The Kier molecular flexibility index (Phi) is 5.93. The van der Waals surface area contributed by atoms with E-state index in [0.29, 0.717) is 0 Å². The van der Waals surface area contributed by atoms with Crippen molar-refractivity contribution in [3.8, 4) is 0 Å². The Bertz CT molecular complexity index is 820. The van der Waals surface area contributed by atoms with E-state index in [0.717, 1.165) is 31.7 Å². The molecule has 1 aliphatic rings. The molecule has 0 unspecified atom stereocenters. The summed E-state index contributed by atoms with van der Waals surface area (Å²) in [5, 5.41) is 2.71. The van der Waals surface area contributed by atoms with E-state index in [-0.39, 0.29) is 12.4 Å². The normalized spacial score (nSPS) is 14.3. The topological polar surface area (TPSA) is 16.1 Å². The number of aromatic nitrogens is 1. The van der Waals surface area contributed by atoms with E-state index in [4.69, 9.17) is 0 Å². The van der Waals surface area contributed by atoms with Crippen LogP contribution in [-0.4, -0.2) is 18.1 Å². The van der Waals surface area contributed by atoms with E-state index in [9.17, 15) is 0 Å². The maximum absolute atomic E-state index is 4.59. The number of hydrogen-bond acceptors (Lipinski definition) is 2. The molecule has 0 amide bonds. The molecule has 2 heterocycles. The van der Waals surface area contributed by atoms with E-state index >= 15 is 0 Å². The summed E-state index contributed by atoms with van der Waals surface area (Å²) in [6, 6.07) is 19.7. The van der Waals surface area contributed by atoms with E-state index in [1.54, 1.807) is 0 Å². The van der Waals surface area contributed by atoms with Crippen molar-refractivity contribution < 1.29 is 0 Å². The summed E-state index contributed by atoms with van der Waals surface area (Å²) in [5.74, 6) is 1.16. The number of rotatable bonds is 4. The fraction of sp³-hybridized carbons (Fsp3) is 0.318. The van der Waals surface area contributed by atoms with Crippen LogP contribution in [0.4, 0.5) is 5.82 Å². The van der Waals surface area contributed by atoms with Crippen molar-refractivity contribution in [1.82, 2.24) is 4.98 Å². The number of halogens is 1. The van der Waals surface area contributed by atoms with Crippen LogP contribution in [0.25, 0.3) is 10.8 Å². The van der Waals surface area contributed by atoms with Gasteiger partial charge in [-0.25, -0.2) is 4.98 Å². The van der Waals surface area contributed by atoms with Crippen molar-refractivity contribution in [3.05, 3.63) is 71.9 Å². The fourth-order valence-electron chi connectivity index (χ4n) is 3.70. The van der Waals surface area contributed by atoms with Gasteiger partial charge in [0.2, 0.25) is 0 Å². The number of benzene rings is 2. The van der Waals surface area contributed by atoms with Crippen molar-refractivity contribution in [3.63, 3.8) is 0 Å². The van der Waals surface area contributed by atoms with Gasteiger partial charge in [0.25, 0.3) is 0 Å². The van der Waals surface area contributed by atoms with Crippen molar-refractivity contribution in [2.75, 3.05) is 18.0 Å². The zero-order valence-electron chi connectivity index (χ0n) is 14.5. The molecule has 0 aliphatic carbocycles. The summed E-state index contributed by atoms with van der Waals surface area (Å²) < 4.78 is 0. The molecule has 0 saturated carbocycles. The van der Waals surface area contributed by atoms with Crippen LogP contribution in [0.5, 0.6) is 0 Å². The smallest absolute Gasteiger partial charge is 0.128 e. The molecule has 1 aromatic heterocycles. The predicted molar refractivity (Wildman–Crippen MR) is 109 cm³/mol. The summed E-state index contributed by atoms with van der Waals surface area (Å²) in [4.78, 5) is 7.03. The quantitative estimate of drug-likeness (QED) is 0.622. The minimum absolute atomic E-state index is 0. The monoisotopic (exact) mass is 352 g/mol. The molecule has 1 aliphatic heterocycles. The van der Waals surface area contributed by atoms with Gasteiger partial charge in [-0.2, -0.15) is 0 Å². The summed E-state index contributed by atoms with van der Waals surface area (Å²) >= 11 is 0. The van der Waals surface area contributed by atoms with Crippen LogP contribution in [0.3, 0.4) is 0 Å². The second kappa shape index (κ2) is 8.35. The van der Waals surface area contributed by atoms with Crippen LogP contribution in [0.15, 0.2) is 60.8 Å². The molecule has 3 aromatic rings. The van der Waals surface area contributed by atoms with Crippen LogP contribution in [0.1, 0.15) is 30.4 Å². The van der Waals surface area contributed by atoms with Gasteiger partial charge in [-0.3, -0.25) is 0 Å². The summed E-state index contributed by atoms with van der Waals surface area (Å²) in [5.41, 5.74) is 2.82. The molecule has 4 rings (SSSR count). The average molecular weight is 353 g/mol. The van der Waals surface area contributed by atoms with E-state index in [2.05, 4.69) is 64.5 Å². The van der Waals surface area contributed by atoms with E-state index in [1.165, 1.54) is 41.2 Å². The molecule has 130 valence electrons. The average Bonchev–Trinajstić information content (AvgIpc) is 2.67. The number of aryl methyl sites for hydroxylation is 2. The molecule has 25 heavy (non-hydrogen) atoms. The molecule has 3 heteroatoms. The maximum Gasteiger partial charge on any atom is 0.128 e. The predicted octanol–water partition coefficient (Wildman–Crippen LogP) is 5.43. The number of hydrogen-bond donors (Lipinski definition) is 0. The molecule has 1 fully saturated rings. The van der Waals surface area contributed by atoms with Crippen LogP contribution >= 0.6 is 12.4 Å². The Hall–Kier alpha value is -2.06. The Balaban J connectivity index is 0.00000182. The molecule has 0 bridgehead atoms. The van der Waals surface area contributed by atoms with Crippen molar-refractivity contribution >= 4 is 29.0 Å². The molecule has 2 nitrogen and oxygen atoms in total. The fourth-order valence-corrected chi connectivity index (χ4v) is 3.70. The van der Waals surface area contributed by atoms with Gasteiger partial charge in [0.15, 0.2) is 0 Å². The highest BCUT2D eigenvalue weighted by molar-refractivity contribution is 5.86. The zero-order valence-corrected chi connectivity index (χ0v) is 15.3.